The zero-order chi connectivity index (χ0) is 19.8. The molecule has 0 heterocycles. The first-order valence-electron chi connectivity index (χ1n) is 8.15. The van der Waals surface area contributed by atoms with E-state index in [-0.39, 0.29) is 17.2 Å². The fraction of sp³-hybridized carbons (Fsp3) is 0.150. The number of aliphatic carboxylic acids is 1. The number of carbonyl (C=O) groups excluding carboxylic acids is 2. The molecule has 0 spiro atoms. The molecule has 3 N–H and O–H groups in total. The van der Waals surface area contributed by atoms with Crippen LogP contribution in [-0.2, 0) is 14.4 Å². The molecule has 0 saturated carbocycles. The lowest BCUT2D eigenvalue weighted by molar-refractivity contribution is -0.132. The highest BCUT2D eigenvalue weighted by Crippen LogP contribution is 2.21. The molecular formula is C20H20N2O4S. The minimum atomic E-state index is -1.14. The SMILES string of the molecule is C/C(=C/C(=O)Nc1ccc(SCC(=O)Nc2ccc(C)cc2)cc1)C(=O)O. The third-order valence-electron chi connectivity index (χ3n) is 3.51. The molecule has 0 atom stereocenters. The molecule has 0 unspecified atom stereocenters. The fourth-order valence-corrected chi connectivity index (χ4v) is 2.75. The first-order chi connectivity index (χ1) is 12.8. The highest BCUT2D eigenvalue weighted by molar-refractivity contribution is 8.00. The number of carboxylic acid groups (broad SMARTS) is 1. The number of hydrogen-bond acceptors (Lipinski definition) is 4. The Kier molecular flexibility index (Phi) is 7.19. The molecule has 2 amide bonds. The summed E-state index contributed by atoms with van der Waals surface area (Å²) in [4.78, 5) is 35.3. The summed E-state index contributed by atoms with van der Waals surface area (Å²) in [7, 11) is 0. The molecule has 0 saturated heterocycles. The predicted molar refractivity (Wildman–Crippen MR) is 107 cm³/mol. The van der Waals surface area contributed by atoms with Gasteiger partial charge in [-0.25, -0.2) is 4.79 Å². The summed E-state index contributed by atoms with van der Waals surface area (Å²) in [6, 6.07) is 14.5. The number of aryl methyl sites for hydroxylation is 1. The molecule has 6 nitrogen and oxygen atoms in total. The van der Waals surface area contributed by atoms with Crippen LogP contribution < -0.4 is 10.6 Å². The third kappa shape index (κ3) is 6.99. The topological polar surface area (TPSA) is 95.5 Å². The van der Waals surface area contributed by atoms with E-state index in [2.05, 4.69) is 10.6 Å². The Labute approximate surface area is 161 Å². The van der Waals surface area contributed by atoms with Gasteiger partial charge in [-0.3, -0.25) is 9.59 Å². The Hall–Kier alpha value is -3.06. The Balaban J connectivity index is 1.83. The molecule has 0 aliphatic carbocycles. The van der Waals surface area contributed by atoms with Crippen molar-refractivity contribution in [3.8, 4) is 0 Å². The maximum Gasteiger partial charge on any atom is 0.331 e. The summed E-state index contributed by atoms with van der Waals surface area (Å²) in [5.74, 6) is -1.48. The summed E-state index contributed by atoms with van der Waals surface area (Å²) in [6.07, 6.45) is 1.03. The minimum absolute atomic E-state index is 0.0423. The quantitative estimate of drug-likeness (QED) is 0.500. The Morgan fingerprint density at radius 1 is 0.963 bits per heavy atom. The maximum absolute atomic E-state index is 12.0. The Morgan fingerprint density at radius 3 is 2.11 bits per heavy atom. The smallest absolute Gasteiger partial charge is 0.331 e. The van der Waals surface area contributed by atoms with Crippen LogP contribution in [-0.4, -0.2) is 28.6 Å². The first-order valence-corrected chi connectivity index (χ1v) is 9.14. The predicted octanol–water partition coefficient (Wildman–Crippen LogP) is 3.70. The minimum Gasteiger partial charge on any atom is -0.478 e. The van der Waals surface area contributed by atoms with Gasteiger partial charge in [0.05, 0.1) is 5.75 Å². The number of carbonyl (C=O) groups is 3. The highest BCUT2D eigenvalue weighted by Gasteiger charge is 2.06. The van der Waals surface area contributed by atoms with Gasteiger partial charge in [0.25, 0.3) is 0 Å². The molecule has 0 fully saturated rings. The first kappa shape index (κ1) is 20.3. The van der Waals surface area contributed by atoms with Gasteiger partial charge >= 0.3 is 5.97 Å². The van der Waals surface area contributed by atoms with Crippen LogP contribution in [0.2, 0.25) is 0 Å². The van der Waals surface area contributed by atoms with Crippen LogP contribution in [0.15, 0.2) is 65.1 Å². The van der Waals surface area contributed by atoms with Gasteiger partial charge in [-0.2, -0.15) is 0 Å². The molecule has 0 aliphatic heterocycles. The van der Waals surface area contributed by atoms with Crippen molar-refractivity contribution in [3.63, 3.8) is 0 Å². The molecule has 0 radical (unpaired) electrons. The molecule has 140 valence electrons. The van der Waals surface area contributed by atoms with Gasteiger partial charge < -0.3 is 15.7 Å². The van der Waals surface area contributed by atoms with E-state index in [1.54, 1.807) is 24.3 Å². The largest absolute Gasteiger partial charge is 0.478 e. The zero-order valence-corrected chi connectivity index (χ0v) is 15.8. The molecule has 0 bridgehead atoms. The van der Waals surface area contributed by atoms with Crippen LogP contribution in [0.1, 0.15) is 12.5 Å². The molecule has 2 aromatic rings. The van der Waals surface area contributed by atoms with Crippen LogP contribution in [0.3, 0.4) is 0 Å². The van der Waals surface area contributed by atoms with E-state index in [4.69, 9.17) is 5.11 Å². The van der Waals surface area contributed by atoms with Gasteiger partial charge in [0, 0.05) is 27.9 Å². The van der Waals surface area contributed by atoms with Crippen molar-refractivity contribution < 1.29 is 19.5 Å². The van der Waals surface area contributed by atoms with Crippen LogP contribution in [0.4, 0.5) is 11.4 Å². The van der Waals surface area contributed by atoms with Gasteiger partial charge in [0.2, 0.25) is 11.8 Å². The van der Waals surface area contributed by atoms with E-state index >= 15 is 0 Å². The molecule has 2 aromatic carbocycles. The Morgan fingerprint density at radius 2 is 1.52 bits per heavy atom. The Bertz CT molecular complexity index is 859. The van der Waals surface area contributed by atoms with Gasteiger partial charge in [0.1, 0.15) is 0 Å². The third-order valence-corrected chi connectivity index (χ3v) is 4.52. The van der Waals surface area contributed by atoms with Crippen molar-refractivity contribution >= 4 is 40.9 Å². The summed E-state index contributed by atoms with van der Waals surface area (Å²) in [6.45, 7) is 3.33. The van der Waals surface area contributed by atoms with Crippen LogP contribution in [0, 0.1) is 6.92 Å². The zero-order valence-electron chi connectivity index (χ0n) is 15.0. The molecular weight excluding hydrogens is 364 g/mol. The van der Waals surface area contributed by atoms with Crippen molar-refractivity contribution in [2.24, 2.45) is 0 Å². The van der Waals surface area contributed by atoms with Crippen molar-refractivity contribution in [2.45, 2.75) is 18.7 Å². The number of nitrogens with one attached hydrogen (secondary N) is 2. The maximum atomic E-state index is 12.0. The van der Waals surface area contributed by atoms with Gasteiger partial charge in [-0.1, -0.05) is 17.7 Å². The summed E-state index contributed by atoms with van der Waals surface area (Å²) < 4.78 is 0. The highest BCUT2D eigenvalue weighted by atomic mass is 32.2. The standard InChI is InChI=1S/C20H20N2O4S/c1-13-3-5-15(6-4-13)22-19(24)12-27-17-9-7-16(8-10-17)21-18(23)11-14(2)20(25)26/h3-11H,12H2,1-2H3,(H,21,23)(H,22,24)(H,25,26)/b14-11-. The van der Waals surface area contributed by atoms with E-state index < -0.39 is 11.9 Å². The van der Waals surface area contributed by atoms with Gasteiger partial charge in [-0.05, 0) is 50.2 Å². The lowest BCUT2D eigenvalue weighted by Gasteiger charge is -2.07. The van der Waals surface area contributed by atoms with Gasteiger partial charge in [-0.15, -0.1) is 11.8 Å². The number of hydrogen-bond donors (Lipinski definition) is 3. The summed E-state index contributed by atoms with van der Waals surface area (Å²) in [5, 5.41) is 14.2. The van der Waals surface area contributed by atoms with E-state index in [1.165, 1.54) is 18.7 Å². The molecule has 2 rings (SSSR count). The van der Waals surface area contributed by atoms with Gasteiger partial charge in [0.15, 0.2) is 0 Å². The number of anilines is 2. The molecule has 0 aliphatic rings. The van der Waals surface area contributed by atoms with Crippen molar-refractivity contribution in [2.75, 3.05) is 16.4 Å². The average molecular weight is 384 g/mol. The monoisotopic (exact) mass is 384 g/mol. The second-order valence-electron chi connectivity index (χ2n) is 5.85. The molecule has 27 heavy (non-hydrogen) atoms. The second-order valence-corrected chi connectivity index (χ2v) is 6.90. The molecule has 7 heteroatoms. The summed E-state index contributed by atoms with van der Waals surface area (Å²) in [5.41, 5.74) is 2.39. The van der Waals surface area contributed by atoms with E-state index in [0.29, 0.717) is 5.69 Å². The average Bonchev–Trinajstić information content (AvgIpc) is 2.63. The number of rotatable bonds is 7. The van der Waals surface area contributed by atoms with E-state index in [1.807, 2.05) is 31.2 Å². The lowest BCUT2D eigenvalue weighted by Crippen LogP contribution is -2.13. The fourth-order valence-electron chi connectivity index (χ4n) is 2.05. The summed E-state index contributed by atoms with van der Waals surface area (Å²) >= 11 is 1.38. The number of carboxylic acids is 1. The second kappa shape index (κ2) is 9.59. The lowest BCUT2D eigenvalue weighted by atomic mass is 10.2. The van der Waals surface area contributed by atoms with E-state index in [9.17, 15) is 14.4 Å². The van der Waals surface area contributed by atoms with Crippen molar-refractivity contribution in [1.82, 2.24) is 0 Å². The van der Waals surface area contributed by atoms with Crippen molar-refractivity contribution in [3.05, 3.63) is 65.7 Å². The van der Waals surface area contributed by atoms with Crippen LogP contribution in [0.25, 0.3) is 0 Å². The number of amides is 2. The number of thioether (sulfide) groups is 1. The van der Waals surface area contributed by atoms with Crippen molar-refractivity contribution in [1.29, 1.82) is 0 Å². The number of benzene rings is 2. The van der Waals surface area contributed by atoms with E-state index in [0.717, 1.165) is 22.2 Å². The normalized spacial score (nSPS) is 11.0. The van der Waals surface area contributed by atoms with Crippen LogP contribution in [0.5, 0.6) is 0 Å². The van der Waals surface area contributed by atoms with Crippen LogP contribution >= 0.6 is 11.8 Å². The molecule has 0 aromatic heterocycles.